The Morgan fingerprint density at radius 3 is 2.55 bits per heavy atom. The summed E-state index contributed by atoms with van der Waals surface area (Å²) in [6.07, 6.45) is 5.18. The third kappa shape index (κ3) is 4.84. The molecule has 4 rings (SSSR count). The smallest absolute Gasteiger partial charge is 0.119 e. The number of hydrogen-bond acceptors (Lipinski definition) is 4. The van der Waals surface area contributed by atoms with E-state index >= 15 is 0 Å². The standard InChI is InChI=1S/C25H29N3O/c1-29-25-12-10-21-14-24(11-9-22(21)15-25)28(18-23-4-2-3-13-27-23)17-20-7-5-19(16-26)6-8-20/h2-8,10,12-13,15,24H,9,11,14,16-18,26H2,1H3. The molecule has 4 nitrogen and oxygen atoms in total. The lowest BCUT2D eigenvalue weighted by Gasteiger charge is -2.35. The maximum absolute atomic E-state index is 5.76. The first-order valence-corrected chi connectivity index (χ1v) is 10.3. The lowest BCUT2D eigenvalue weighted by atomic mass is 9.87. The van der Waals surface area contributed by atoms with Crippen molar-refractivity contribution in [2.24, 2.45) is 5.73 Å². The summed E-state index contributed by atoms with van der Waals surface area (Å²) >= 11 is 0. The molecule has 1 aliphatic rings. The van der Waals surface area contributed by atoms with Crippen LogP contribution < -0.4 is 10.5 Å². The van der Waals surface area contributed by atoms with E-state index in [1.54, 1.807) is 7.11 Å². The third-order valence-corrected chi connectivity index (χ3v) is 5.87. The van der Waals surface area contributed by atoms with Crippen LogP contribution in [0.4, 0.5) is 0 Å². The Hall–Kier alpha value is -2.69. The number of fused-ring (bicyclic) bond motifs is 1. The van der Waals surface area contributed by atoms with Crippen LogP contribution in [0.1, 0.15) is 34.4 Å². The van der Waals surface area contributed by atoms with Gasteiger partial charge in [-0.3, -0.25) is 9.88 Å². The normalized spacial score (nSPS) is 15.9. The molecule has 0 spiro atoms. The molecule has 3 aromatic rings. The van der Waals surface area contributed by atoms with Crippen LogP contribution in [0.3, 0.4) is 0 Å². The molecule has 1 heterocycles. The molecule has 1 unspecified atom stereocenters. The molecule has 0 bridgehead atoms. The topological polar surface area (TPSA) is 51.4 Å². The van der Waals surface area contributed by atoms with Gasteiger partial charge in [0.05, 0.1) is 12.8 Å². The van der Waals surface area contributed by atoms with Gasteiger partial charge in [0.2, 0.25) is 0 Å². The van der Waals surface area contributed by atoms with Gasteiger partial charge < -0.3 is 10.5 Å². The second-order valence-electron chi connectivity index (χ2n) is 7.78. The molecule has 0 aliphatic heterocycles. The quantitative estimate of drug-likeness (QED) is 0.663. The first kappa shape index (κ1) is 19.6. The zero-order valence-electron chi connectivity index (χ0n) is 17.1. The summed E-state index contributed by atoms with van der Waals surface area (Å²) in [5.41, 5.74) is 12.2. The zero-order chi connectivity index (χ0) is 20.1. The molecule has 0 fully saturated rings. The second kappa shape index (κ2) is 9.21. The van der Waals surface area contributed by atoms with Crippen molar-refractivity contribution in [3.63, 3.8) is 0 Å². The minimum absolute atomic E-state index is 0.493. The van der Waals surface area contributed by atoms with E-state index < -0.39 is 0 Å². The average Bonchev–Trinajstić information content (AvgIpc) is 2.79. The van der Waals surface area contributed by atoms with Gasteiger partial charge in [0.15, 0.2) is 0 Å². The van der Waals surface area contributed by atoms with Crippen molar-refractivity contribution in [2.75, 3.05) is 7.11 Å². The number of methoxy groups -OCH3 is 1. The molecule has 4 heteroatoms. The van der Waals surface area contributed by atoms with Crippen LogP contribution >= 0.6 is 0 Å². The van der Waals surface area contributed by atoms with Crippen molar-refractivity contribution in [2.45, 2.75) is 44.9 Å². The number of rotatable bonds is 7. The molecule has 0 saturated carbocycles. The average molecular weight is 388 g/mol. The summed E-state index contributed by atoms with van der Waals surface area (Å²) in [6.45, 7) is 2.36. The number of pyridine rings is 1. The van der Waals surface area contributed by atoms with Crippen LogP contribution in [-0.2, 0) is 32.5 Å². The van der Waals surface area contributed by atoms with Crippen molar-refractivity contribution >= 4 is 0 Å². The van der Waals surface area contributed by atoms with Gasteiger partial charge in [-0.1, -0.05) is 36.4 Å². The Labute approximate surface area is 173 Å². The highest BCUT2D eigenvalue weighted by Gasteiger charge is 2.25. The third-order valence-electron chi connectivity index (χ3n) is 5.87. The summed E-state index contributed by atoms with van der Waals surface area (Å²) in [6, 6.07) is 21.8. The summed E-state index contributed by atoms with van der Waals surface area (Å²) in [5, 5.41) is 0. The molecule has 2 N–H and O–H groups in total. The minimum atomic E-state index is 0.493. The number of aryl methyl sites for hydroxylation is 1. The van der Waals surface area contributed by atoms with Crippen molar-refractivity contribution in [3.8, 4) is 5.75 Å². The molecule has 29 heavy (non-hydrogen) atoms. The second-order valence-corrected chi connectivity index (χ2v) is 7.78. The van der Waals surface area contributed by atoms with Crippen LogP contribution in [0.15, 0.2) is 66.9 Å². The highest BCUT2D eigenvalue weighted by atomic mass is 16.5. The fourth-order valence-electron chi connectivity index (χ4n) is 4.18. The van der Waals surface area contributed by atoms with Gasteiger partial charge in [0, 0.05) is 31.9 Å². The van der Waals surface area contributed by atoms with E-state index in [-0.39, 0.29) is 0 Å². The maximum atomic E-state index is 5.76. The van der Waals surface area contributed by atoms with Gasteiger partial charge in [-0.15, -0.1) is 0 Å². The molecule has 1 aliphatic carbocycles. The maximum Gasteiger partial charge on any atom is 0.119 e. The molecule has 150 valence electrons. The Morgan fingerprint density at radius 2 is 1.83 bits per heavy atom. The van der Waals surface area contributed by atoms with Gasteiger partial charge in [0.1, 0.15) is 5.75 Å². The zero-order valence-corrected chi connectivity index (χ0v) is 17.1. The summed E-state index contributed by atoms with van der Waals surface area (Å²) in [7, 11) is 1.73. The fraction of sp³-hybridized carbons (Fsp3) is 0.320. The summed E-state index contributed by atoms with van der Waals surface area (Å²) in [4.78, 5) is 7.15. The highest BCUT2D eigenvalue weighted by Crippen LogP contribution is 2.29. The lowest BCUT2D eigenvalue weighted by Crippen LogP contribution is -2.38. The van der Waals surface area contributed by atoms with Gasteiger partial charge in [-0.05, 0) is 65.8 Å². The predicted octanol–water partition coefficient (Wildman–Crippen LogP) is 4.11. The molecule has 1 atom stereocenters. The molecule has 1 aromatic heterocycles. The van der Waals surface area contributed by atoms with E-state index in [0.717, 1.165) is 43.8 Å². The van der Waals surface area contributed by atoms with Crippen LogP contribution in [-0.4, -0.2) is 23.0 Å². The van der Waals surface area contributed by atoms with Gasteiger partial charge in [-0.2, -0.15) is 0 Å². The first-order chi connectivity index (χ1) is 14.2. The summed E-state index contributed by atoms with van der Waals surface area (Å²) < 4.78 is 5.40. The van der Waals surface area contributed by atoms with E-state index in [4.69, 9.17) is 10.5 Å². The molecule has 0 saturated heterocycles. The summed E-state index contributed by atoms with van der Waals surface area (Å²) in [5.74, 6) is 0.951. The number of benzene rings is 2. The van der Waals surface area contributed by atoms with Crippen molar-refractivity contribution in [1.29, 1.82) is 0 Å². The number of nitrogens with zero attached hydrogens (tertiary/aromatic N) is 2. The molecule has 2 aromatic carbocycles. The fourth-order valence-corrected chi connectivity index (χ4v) is 4.18. The molecular formula is C25H29N3O. The molecular weight excluding hydrogens is 358 g/mol. The largest absolute Gasteiger partial charge is 0.497 e. The number of aromatic nitrogens is 1. The van der Waals surface area contributed by atoms with Gasteiger partial charge >= 0.3 is 0 Å². The molecule has 0 amide bonds. The van der Waals surface area contributed by atoms with Crippen LogP contribution in [0.25, 0.3) is 0 Å². The van der Waals surface area contributed by atoms with E-state index in [1.165, 1.54) is 22.3 Å². The number of ether oxygens (including phenoxy) is 1. The SMILES string of the molecule is COc1ccc2c(c1)CCC(N(Cc1ccc(CN)cc1)Cc1ccccn1)C2. The van der Waals surface area contributed by atoms with E-state index in [2.05, 4.69) is 64.5 Å². The Bertz CT molecular complexity index is 925. The molecule has 0 radical (unpaired) electrons. The van der Waals surface area contributed by atoms with E-state index in [1.807, 2.05) is 12.3 Å². The Balaban J connectivity index is 1.55. The monoisotopic (exact) mass is 387 g/mol. The van der Waals surface area contributed by atoms with Crippen LogP contribution in [0, 0.1) is 0 Å². The van der Waals surface area contributed by atoms with E-state index in [0.29, 0.717) is 12.6 Å². The lowest BCUT2D eigenvalue weighted by molar-refractivity contribution is 0.160. The van der Waals surface area contributed by atoms with Crippen LogP contribution in [0.5, 0.6) is 5.75 Å². The first-order valence-electron chi connectivity index (χ1n) is 10.3. The van der Waals surface area contributed by atoms with Crippen LogP contribution in [0.2, 0.25) is 0 Å². The number of hydrogen-bond donors (Lipinski definition) is 1. The van der Waals surface area contributed by atoms with Crippen molar-refractivity contribution < 1.29 is 4.74 Å². The minimum Gasteiger partial charge on any atom is -0.497 e. The van der Waals surface area contributed by atoms with Crippen molar-refractivity contribution in [3.05, 3.63) is 94.8 Å². The van der Waals surface area contributed by atoms with Crippen molar-refractivity contribution in [1.82, 2.24) is 9.88 Å². The van der Waals surface area contributed by atoms with E-state index in [9.17, 15) is 0 Å². The Morgan fingerprint density at radius 1 is 1.00 bits per heavy atom. The predicted molar refractivity (Wildman–Crippen MR) is 117 cm³/mol. The van der Waals surface area contributed by atoms with Gasteiger partial charge in [0.25, 0.3) is 0 Å². The number of nitrogens with two attached hydrogens (primary N) is 1. The van der Waals surface area contributed by atoms with Gasteiger partial charge in [-0.25, -0.2) is 0 Å². The Kier molecular flexibility index (Phi) is 6.23. The highest BCUT2D eigenvalue weighted by molar-refractivity contribution is 5.38.